The maximum Gasteiger partial charge on any atom is 0.231 e. The number of carbonyl (C=O) groups excluding carboxylic acids is 1. The number of anilines is 1. The normalized spacial score (nSPS) is 10.9. The van der Waals surface area contributed by atoms with E-state index in [1.165, 1.54) is 6.33 Å². The van der Waals surface area contributed by atoms with Crippen LogP contribution in [0.4, 0.5) is 5.69 Å². The summed E-state index contributed by atoms with van der Waals surface area (Å²) in [5.41, 5.74) is 6.90. The minimum atomic E-state index is -0.512. The van der Waals surface area contributed by atoms with Crippen molar-refractivity contribution in [3.8, 4) is 11.4 Å². The van der Waals surface area contributed by atoms with Crippen LogP contribution in [0, 0.1) is 5.41 Å². The summed E-state index contributed by atoms with van der Waals surface area (Å²) in [7, 11) is 0. The second-order valence-corrected chi connectivity index (χ2v) is 5.06. The van der Waals surface area contributed by atoms with Crippen LogP contribution in [0.1, 0.15) is 26.7 Å². The highest BCUT2D eigenvalue weighted by Crippen LogP contribution is 2.27. The van der Waals surface area contributed by atoms with Gasteiger partial charge in [0.1, 0.15) is 6.33 Å². The third kappa shape index (κ3) is 3.64. The van der Waals surface area contributed by atoms with Crippen molar-refractivity contribution in [2.24, 2.45) is 11.1 Å². The number of aromatic nitrogens is 3. The van der Waals surface area contributed by atoms with Crippen LogP contribution >= 0.6 is 12.4 Å². The predicted octanol–water partition coefficient (Wildman–Crippen LogP) is 2.60. The van der Waals surface area contributed by atoms with Gasteiger partial charge in [0.25, 0.3) is 0 Å². The van der Waals surface area contributed by atoms with Crippen molar-refractivity contribution in [2.75, 3.05) is 11.9 Å². The molecular weight excluding hydrogens is 302 g/mol. The highest BCUT2D eigenvalue weighted by molar-refractivity contribution is 5.95. The van der Waals surface area contributed by atoms with Gasteiger partial charge in [-0.3, -0.25) is 9.89 Å². The Balaban J connectivity index is 0.00000242. The molecule has 0 aliphatic carbocycles. The van der Waals surface area contributed by atoms with Crippen LogP contribution in [-0.2, 0) is 4.79 Å². The van der Waals surface area contributed by atoms with Gasteiger partial charge in [0, 0.05) is 17.8 Å². The quantitative estimate of drug-likeness (QED) is 0.761. The highest BCUT2D eigenvalue weighted by Gasteiger charge is 2.33. The average molecular weight is 324 g/mol. The number of nitrogens with zero attached hydrogens (tertiary/aromatic N) is 2. The Morgan fingerprint density at radius 3 is 2.64 bits per heavy atom. The zero-order chi connectivity index (χ0) is 15.3. The molecule has 2 rings (SSSR count). The molecule has 0 unspecified atom stereocenters. The molecule has 1 amide bonds. The summed E-state index contributed by atoms with van der Waals surface area (Å²) in [4.78, 5) is 16.6. The van der Waals surface area contributed by atoms with Gasteiger partial charge < -0.3 is 11.1 Å². The van der Waals surface area contributed by atoms with Gasteiger partial charge in [0.2, 0.25) is 5.91 Å². The second kappa shape index (κ2) is 7.91. The fourth-order valence-electron chi connectivity index (χ4n) is 2.30. The number of H-pyrrole nitrogens is 1. The third-order valence-corrected chi connectivity index (χ3v) is 4.03. The number of benzene rings is 1. The van der Waals surface area contributed by atoms with Crippen molar-refractivity contribution in [3.63, 3.8) is 0 Å². The van der Waals surface area contributed by atoms with Crippen LogP contribution in [0.2, 0.25) is 0 Å². The van der Waals surface area contributed by atoms with Gasteiger partial charge in [-0.2, -0.15) is 5.10 Å². The fourth-order valence-corrected chi connectivity index (χ4v) is 2.30. The van der Waals surface area contributed by atoms with E-state index in [4.69, 9.17) is 5.73 Å². The van der Waals surface area contributed by atoms with E-state index in [2.05, 4.69) is 20.5 Å². The first kappa shape index (κ1) is 18.1. The first-order chi connectivity index (χ1) is 10.1. The Morgan fingerprint density at radius 1 is 1.36 bits per heavy atom. The average Bonchev–Trinajstić information content (AvgIpc) is 3.04. The minimum absolute atomic E-state index is 0. The number of carbonyl (C=O) groups is 1. The number of halogens is 1. The first-order valence-electron chi connectivity index (χ1n) is 7.12. The molecule has 1 aromatic heterocycles. The van der Waals surface area contributed by atoms with Crippen molar-refractivity contribution in [3.05, 3.63) is 30.6 Å². The largest absolute Gasteiger partial charge is 0.329 e. The van der Waals surface area contributed by atoms with Crippen molar-refractivity contribution in [2.45, 2.75) is 26.7 Å². The monoisotopic (exact) mass is 323 g/mol. The molecule has 6 nitrogen and oxygen atoms in total. The molecule has 1 heterocycles. The molecule has 4 N–H and O–H groups in total. The maximum atomic E-state index is 12.5. The highest BCUT2D eigenvalue weighted by atomic mass is 35.5. The lowest BCUT2D eigenvalue weighted by molar-refractivity contribution is -0.125. The molecule has 2 aromatic rings. The van der Waals surface area contributed by atoms with Gasteiger partial charge in [0.05, 0.1) is 5.41 Å². The SMILES string of the molecule is CCC(CC)(CN)C(=O)Nc1cccc(-c2ncn[nH]2)c1.Cl. The second-order valence-electron chi connectivity index (χ2n) is 5.06. The van der Waals surface area contributed by atoms with E-state index in [0.29, 0.717) is 25.2 Å². The molecule has 0 saturated carbocycles. The van der Waals surface area contributed by atoms with Crippen LogP contribution in [0.15, 0.2) is 30.6 Å². The summed E-state index contributed by atoms with van der Waals surface area (Å²) in [6.45, 7) is 4.31. The molecule has 22 heavy (non-hydrogen) atoms. The number of nitrogens with one attached hydrogen (secondary N) is 2. The number of aromatic amines is 1. The Bertz CT molecular complexity index is 587. The van der Waals surface area contributed by atoms with E-state index in [9.17, 15) is 4.79 Å². The predicted molar refractivity (Wildman–Crippen MR) is 89.8 cm³/mol. The molecule has 0 atom stereocenters. The van der Waals surface area contributed by atoms with E-state index < -0.39 is 5.41 Å². The first-order valence-corrected chi connectivity index (χ1v) is 7.12. The molecule has 0 aliphatic heterocycles. The molecule has 0 bridgehead atoms. The van der Waals surface area contributed by atoms with Gasteiger partial charge >= 0.3 is 0 Å². The Hall–Kier alpha value is -1.92. The Kier molecular flexibility index (Phi) is 6.52. The minimum Gasteiger partial charge on any atom is -0.329 e. The molecule has 120 valence electrons. The lowest BCUT2D eigenvalue weighted by Crippen LogP contribution is -2.41. The molecule has 0 spiro atoms. The number of nitrogens with two attached hydrogens (primary N) is 1. The van der Waals surface area contributed by atoms with Gasteiger partial charge in [-0.25, -0.2) is 4.98 Å². The van der Waals surface area contributed by atoms with Gasteiger partial charge in [0.15, 0.2) is 5.82 Å². The van der Waals surface area contributed by atoms with E-state index in [-0.39, 0.29) is 18.3 Å². The van der Waals surface area contributed by atoms with Crippen molar-refractivity contribution in [1.82, 2.24) is 15.2 Å². The molecule has 0 saturated heterocycles. The standard InChI is InChI=1S/C15H21N5O.ClH/c1-3-15(4-2,9-16)14(21)19-12-7-5-6-11(8-12)13-17-10-18-20-13;/h5-8,10H,3-4,9,16H2,1-2H3,(H,19,21)(H,17,18,20);1H. The summed E-state index contributed by atoms with van der Waals surface area (Å²) in [6, 6.07) is 7.50. The van der Waals surface area contributed by atoms with E-state index >= 15 is 0 Å². The number of rotatable bonds is 6. The van der Waals surface area contributed by atoms with Crippen molar-refractivity contribution >= 4 is 24.0 Å². The molecule has 0 fully saturated rings. The summed E-state index contributed by atoms with van der Waals surface area (Å²) < 4.78 is 0. The van der Waals surface area contributed by atoms with Crippen molar-refractivity contribution in [1.29, 1.82) is 0 Å². The molecule has 7 heteroatoms. The molecule has 0 aliphatic rings. The van der Waals surface area contributed by atoms with Crippen LogP contribution in [0.25, 0.3) is 11.4 Å². The Labute approximate surface area is 136 Å². The van der Waals surface area contributed by atoms with Crippen molar-refractivity contribution < 1.29 is 4.79 Å². The molecule has 1 aromatic carbocycles. The maximum absolute atomic E-state index is 12.5. The zero-order valence-corrected chi connectivity index (χ0v) is 13.6. The summed E-state index contributed by atoms with van der Waals surface area (Å²) in [5.74, 6) is 0.631. The molecular formula is C15H22ClN5O. The number of amides is 1. The number of hydrogen-bond donors (Lipinski definition) is 3. The summed E-state index contributed by atoms with van der Waals surface area (Å²) in [5, 5.41) is 9.59. The summed E-state index contributed by atoms with van der Waals surface area (Å²) >= 11 is 0. The smallest absolute Gasteiger partial charge is 0.231 e. The number of hydrogen-bond acceptors (Lipinski definition) is 4. The zero-order valence-electron chi connectivity index (χ0n) is 12.8. The van der Waals surface area contributed by atoms with Crippen LogP contribution < -0.4 is 11.1 Å². The van der Waals surface area contributed by atoms with Gasteiger partial charge in [-0.15, -0.1) is 12.4 Å². The van der Waals surface area contributed by atoms with Gasteiger partial charge in [-0.1, -0.05) is 26.0 Å². The fraction of sp³-hybridized carbons (Fsp3) is 0.400. The molecule has 0 radical (unpaired) electrons. The van der Waals surface area contributed by atoms with Crippen LogP contribution in [0.5, 0.6) is 0 Å². The van der Waals surface area contributed by atoms with Crippen LogP contribution in [-0.4, -0.2) is 27.6 Å². The van der Waals surface area contributed by atoms with Crippen LogP contribution in [0.3, 0.4) is 0 Å². The Morgan fingerprint density at radius 2 is 2.09 bits per heavy atom. The lowest BCUT2D eigenvalue weighted by atomic mass is 9.81. The topological polar surface area (TPSA) is 96.7 Å². The van der Waals surface area contributed by atoms with E-state index in [1.807, 2.05) is 38.1 Å². The van der Waals surface area contributed by atoms with E-state index in [0.717, 1.165) is 11.3 Å². The lowest BCUT2D eigenvalue weighted by Gasteiger charge is -2.28. The third-order valence-electron chi connectivity index (χ3n) is 4.03. The summed E-state index contributed by atoms with van der Waals surface area (Å²) in [6.07, 6.45) is 2.88. The van der Waals surface area contributed by atoms with E-state index in [1.54, 1.807) is 0 Å². The van der Waals surface area contributed by atoms with Gasteiger partial charge in [-0.05, 0) is 25.0 Å².